The van der Waals surface area contributed by atoms with Crippen LogP contribution in [-0.2, 0) is 11.3 Å². The van der Waals surface area contributed by atoms with Gasteiger partial charge in [-0.1, -0.05) is 36.7 Å². The number of hydrogen-bond donors (Lipinski definition) is 0. The maximum Gasteiger partial charge on any atom is 0.478 e. The van der Waals surface area contributed by atoms with Gasteiger partial charge in [-0.05, 0) is 24.3 Å². The fourth-order valence-electron chi connectivity index (χ4n) is 2.61. The normalized spacial score (nSPS) is 19.4. The number of ether oxygens (including phenoxy) is 1. The lowest BCUT2D eigenvalue weighted by Gasteiger charge is -2.34. The molecule has 1 unspecified atom stereocenters. The molecule has 1 amide bonds. The molecule has 2 rings (SSSR count). The Balaban J connectivity index is 1.82. The van der Waals surface area contributed by atoms with Gasteiger partial charge in [0.05, 0.1) is 0 Å². The van der Waals surface area contributed by atoms with Crippen molar-refractivity contribution in [1.82, 2.24) is 4.90 Å². The summed E-state index contributed by atoms with van der Waals surface area (Å²) in [6.07, 6.45) is -0.193. The van der Waals surface area contributed by atoms with Crippen molar-refractivity contribution in [1.29, 1.82) is 0 Å². The second-order valence-electron chi connectivity index (χ2n) is 5.44. The molecule has 21 heavy (non-hydrogen) atoms. The van der Waals surface area contributed by atoms with Crippen molar-refractivity contribution < 1.29 is 22.5 Å². The fourth-order valence-corrected chi connectivity index (χ4v) is 2.61. The third-order valence-electron chi connectivity index (χ3n) is 3.58. The molecule has 0 N–H and O–H groups in total. The average molecular weight is 300 g/mol. The summed E-state index contributed by atoms with van der Waals surface area (Å²) in [5.41, 5.74) is 0.859. The van der Waals surface area contributed by atoms with E-state index in [1.165, 1.54) is 4.90 Å². The molecular formula is C14H18BF3NO2-. The maximum atomic E-state index is 12.5. The van der Waals surface area contributed by atoms with Crippen molar-refractivity contribution in [2.45, 2.75) is 25.8 Å². The van der Waals surface area contributed by atoms with Crippen LogP contribution in [0.15, 0.2) is 30.3 Å². The van der Waals surface area contributed by atoms with Gasteiger partial charge in [-0.3, -0.25) is 0 Å². The zero-order valence-electron chi connectivity index (χ0n) is 11.7. The third-order valence-corrected chi connectivity index (χ3v) is 3.58. The molecule has 0 bridgehead atoms. The molecule has 1 aromatic rings. The van der Waals surface area contributed by atoms with Gasteiger partial charge in [-0.25, -0.2) is 4.79 Å². The van der Waals surface area contributed by atoms with Crippen LogP contribution < -0.4 is 0 Å². The Labute approximate surface area is 122 Å². The largest absolute Gasteiger partial charge is 0.478 e. The molecule has 0 radical (unpaired) electrons. The van der Waals surface area contributed by atoms with Gasteiger partial charge in [0.15, 0.2) is 0 Å². The summed E-state index contributed by atoms with van der Waals surface area (Å²) in [4.78, 5) is 13.3. The molecule has 0 saturated carbocycles. The minimum atomic E-state index is -4.80. The van der Waals surface area contributed by atoms with E-state index in [2.05, 4.69) is 0 Å². The molecule has 0 aliphatic carbocycles. The molecule has 116 valence electrons. The Morgan fingerprint density at radius 3 is 2.67 bits per heavy atom. The lowest BCUT2D eigenvalue weighted by molar-refractivity contribution is 0.0801. The molecule has 7 heteroatoms. The average Bonchev–Trinajstić information content (AvgIpc) is 2.44. The van der Waals surface area contributed by atoms with Gasteiger partial charge in [0.2, 0.25) is 0 Å². The van der Waals surface area contributed by atoms with E-state index in [1.807, 2.05) is 30.3 Å². The van der Waals surface area contributed by atoms with Crippen LogP contribution in [0.4, 0.5) is 17.7 Å². The Morgan fingerprint density at radius 2 is 2.00 bits per heavy atom. The minimum absolute atomic E-state index is 0.134. The number of halogens is 3. The topological polar surface area (TPSA) is 29.5 Å². The first kappa shape index (κ1) is 15.7. The monoisotopic (exact) mass is 300 g/mol. The first-order valence-electron chi connectivity index (χ1n) is 7.10. The predicted octanol–water partition coefficient (Wildman–Crippen LogP) is 3.88. The van der Waals surface area contributed by atoms with Gasteiger partial charge in [0.1, 0.15) is 6.61 Å². The van der Waals surface area contributed by atoms with Gasteiger partial charge < -0.3 is 22.6 Å². The van der Waals surface area contributed by atoms with E-state index in [9.17, 15) is 17.7 Å². The van der Waals surface area contributed by atoms with Crippen LogP contribution in [0.25, 0.3) is 0 Å². The number of rotatable bonds is 4. The molecule has 1 atom stereocenters. The molecule has 1 saturated heterocycles. The number of amides is 1. The number of benzene rings is 1. The third kappa shape index (κ3) is 5.32. The van der Waals surface area contributed by atoms with E-state index in [0.717, 1.165) is 5.56 Å². The lowest BCUT2D eigenvalue weighted by atomic mass is 9.75. The predicted molar refractivity (Wildman–Crippen MR) is 74.8 cm³/mol. The summed E-state index contributed by atoms with van der Waals surface area (Å²) in [7, 11) is 0. The van der Waals surface area contributed by atoms with Crippen LogP contribution in [0.3, 0.4) is 0 Å². The molecule has 0 spiro atoms. The van der Waals surface area contributed by atoms with Gasteiger partial charge in [-0.15, -0.1) is 0 Å². The van der Waals surface area contributed by atoms with E-state index in [-0.39, 0.29) is 13.2 Å². The number of piperidine rings is 1. The SMILES string of the molecule is O=C(OCc1ccccc1)N1CCCC(C[B-](F)(F)F)C1. The summed E-state index contributed by atoms with van der Waals surface area (Å²) in [5, 5.41) is 0. The van der Waals surface area contributed by atoms with Crippen molar-refractivity contribution in [3.8, 4) is 0 Å². The van der Waals surface area contributed by atoms with Gasteiger partial charge >= 0.3 is 13.1 Å². The fraction of sp³-hybridized carbons (Fsp3) is 0.500. The Morgan fingerprint density at radius 1 is 1.29 bits per heavy atom. The summed E-state index contributed by atoms with van der Waals surface area (Å²) in [6.45, 7) is -4.06. The zero-order chi connectivity index (χ0) is 15.3. The van der Waals surface area contributed by atoms with E-state index in [4.69, 9.17) is 4.74 Å². The van der Waals surface area contributed by atoms with Crippen LogP contribution in [0.1, 0.15) is 18.4 Å². The van der Waals surface area contributed by atoms with Crippen molar-refractivity contribution in [3.05, 3.63) is 35.9 Å². The van der Waals surface area contributed by atoms with Crippen LogP contribution in [0.2, 0.25) is 6.32 Å². The standard InChI is InChI=1S/C14H18BF3NO2/c16-15(17,18)9-13-7-4-8-19(10-13)14(20)21-11-12-5-2-1-3-6-12/h1-3,5-6,13H,4,7-11H2/q-1. The van der Waals surface area contributed by atoms with E-state index in [0.29, 0.717) is 19.4 Å². The molecule has 1 aromatic carbocycles. The minimum Gasteiger partial charge on any atom is -0.449 e. The van der Waals surface area contributed by atoms with Crippen molar-refractivity contribution in [3.63, 3.8) is 0 Å². The van der Waals surface area contributed by atoms with Crippen molar-refractivity contribution >= 4 is 13.1 Å². The first-order valence-corrected chi connectivity index (χ1v) is 7.10. The summed E-state index contributed by atoms with van der Waals surface area (Å²) < 4.78 is 42.6. The zero-order valence-corrected chi connectivity index (χ0v) is 11.7. The summed E-state index contributed by atoms with van der Waals surface area (Å²) >= 11 is 0. The molecule has 1 aliphatic heterocycles. The van der Waals surface area contributed by atoms with Crippen LogP contribution in [0.5, 0.6) is 0 Å². The maximum absolute atomic E-state index is 12.5. The highest BCUT2D eigenvalue weighted by atomic mass is 19.4. The summed E-state index contributed by atoms with van der Waals surface area (Å²) in [5.74, 6) is -0.497. The molecule has 1 fully saturated rings. The number of nitrogens with zero attached hydrogens (tertiary/aromatic N) is 1. The Hall–Kier alpha value is -1.66. The van der Waals surface area contributed by atoms with Crippen LogP contribution >= 0.6 is 0 Å². The van der Waals surface area contributed by atoms with Gasteiger partial charge in [-0.2, -0.15) is 0 Å². The molecular weight excluding hydrogens is 282 g/mol. The number of likely N-dealkylation sites (tertiary alicyclic amines) is 1. The van der Waals surface area contributed by atoms with Gasteiger partial charge in [0.25, 0.3) is 0 Å². The number of carbonyl (C=O) groups is 1. The Kier molecular flexibility index (Phi) is 5.14. The highest BCUT2D eigenvalue weighted by molar-refractivity contribution is 6.58. The first-order chi connectivity index (χ1) is 9.94. The molecule has 1 aliphatic rings. The summed E-state index contributed by atoms with van der Waals surface area (Å²) in [6, 6.07) is 9.20. The number of hydrogen-bond acceptors (Lipinski definition) is 2. The van der Waals surface area contributed by atoms with E-state index < -0.39 is 25.3 Å². The molecule has 0 aromatic heterocycles. The second-order valence-corrected chi connectivity index (χ2v) is 5.44. The quantitative estimate of drug-likeness (QED) is 0.790. The van der Waals surface area contributed by atoms with E-state index >= 15 is 0 Å². The van der Waals surface area contributed by atoms with Crippen molar-refractivity contribution in [2.24, 2.45) is 5.92 Å². The van der Waals surface area contributed by atoms with Crippen LogP contribution in [-0.4, -0.2) is 31.1 Å². The van der Waals surface area contributed by atoms with E-state index in [1.54, 1.807) is 0 Å². The smallest absolute Gasteiger partial charge is 0.449 e. The highest BCUT2D eigenvalue weighted by Crippen LogP contribution is 2.28. The van der Waals surface area contributed by atoms with Crippen molar-refractivity contribution in [2.75, 3.05) is 13.1 Å². The van der Waals surface area contributed by atoms with Crippen LogP contribution in [0, 0.1) is 5.92 Å². The van der Waals surface area contributed by atoms with Gasteiger partial charge in [0, 0.05) is 13.1 Å². The molecule has 1 heterocycles. The highest BCUT2D eigenvalue weighted by Gasteiger charge is 2.32. The lowest BCUT2D eigenvalue weighted by Crippen LogP contribution is -2.41. The second kappa shape index (κ2) is 6.87. The molecule has 3 nitrogen and oxygen atoms in total. The Bertz CT molecular complexity index is 467. The number of carbonyl (C=O) groups excluding carboxylic acids is 1.